The van der Waals surface area contributed by atoms with Crippen LogP contribution < -0.4 is 5.32 Å². The van der Waals surface area contributed by atoms with Gasteiger partial charge in [0.25, 0.3) is 5.91 Å². The predicted octanol–water partition coefficient (Wildman–Crippen LogP) is 3.25. The number of H-pyrrole nitrogens is 1. The number of rotatable bonds is 5. The summed E-state index contributed by atoms with van der Waals surface area (Å²) in [6, 6.07) is 13.8. The van der Waals surface area contributed by atoms with Crippen LogP contribution in [0.15, 0.2) is 42.5 Å². The van der Waals surface area contributed by atoms with Crippen molar-refractivity contribution in [3.05, 3.63) is 70.4 Å². The Balaban J connectivity index is 1.63. The van der Waals surface area contributed by atoms with Gasteiger partial charge in [-0.15, -0.1) is 0 Å². The summed E-state index contributed by atoms with van der Waals surface area (Å²) < 4.78 is 0. The molecule has 0 spiro atoms. The first-order valence-corrected chi connectivity index (χ1v) is 8.14. The van der Waals surface area contributed by atoms with Crippen molar-refractivity contribution in [2.24, 2.45) is 0 Å². The Morgan fingerprint density at radius 3 is 2.50 bits per heavy atom. The Kier molecular flexibility index (Phi) is 4.67. The molecule has 3 rings (SSSR count). The first kappa shape index (κ1) is 16.3. The molecular weight excluding hydrogens is 300 g/mol. The smallest absolute Gasteiger partial charge is 0.267 e. The lowest BCUT2D eigenvalue weighted by atomic mass is 10.1. The number of carbonyl (C=O) groups excluding carboxylic acids is 1. The van der Waals surface area contributed by atoms with Crippen LogP contribution in [0.25, 0.3) is 10.9 Å². The van der Waals surface area contributed by atoms with Crippen LogP contribution in [-0.2, 0) is 13.0 Å². The van der Waals surface area contributed by atoms with Crippen molar-refractivity contribution >= 4 is 16.8 Å². The van der Waals surface area contributed by atoms with Gasteiger partial charge in [0.15, 0.2) is 0 Å². The van der Waals surface area contributed by atoms with Crippen LogP contribution >= 0.6 is 0 Å². The quantitative estimate of drug-likeness (QED) is 0.675. The second kappa shape index (κ2) is 6.89. The number of hydrogen-bond donors (Lipinski definition) is 3. The van der Waals surface area contributed by atoms with Crippen LogP contribution in [0.3, 0.4) is 0 Å². The molecule has 0 saturated heterocycles. The van der Waals surface area contributed by atoms with Gasteiger partial charge in [-0.1, -0.05) is 30.3 Å². The molecule has 3 aromatic rings. The van der Waals surface area contributed by atoms with E-state index in [9.17, 15) is 4.79 Å². The van der Waals surface area contributed by atoms with Gasteiger partial charge in [0.05, 0.1) is 6.61 Å². The minimum Gasteiger partial charge on any atom is -0.392 e. The van der Waals surface area contributed by atoms with Gasteiger partial charge in [-0.2, -0.15) is 0 Å². The number of aryl methyl sites for hydroxylation is 2. The number of aliphatic hydroxyl groups excluding tert-OH is 1. The highest BCUT2D eigenvalue weighted by Gasteiger charge is 2.11. The molecule has 0 radical (unpaired) electrons. The van der Waals surface area contributed by atoms with E-state index in [2.05, 4.69) is 30.2 Å². The summed E-state index contributed by atoms with van der Waals surface area (Å²) >= 11 is 0. The maximum absolute atomic E-state index is 12.3. The molecule has 2 aromatic carbocycles. The van der Waals surface area contributed by atoms with E-state index in [1.165, 1.54) is 11.1 Å². The number of carbonyl (C=O) groups is 1. The summed E-state index contributed by atoms with van der Waals surface area (Å²) in [4.78, 5) is 15.5. The number of aromatic amines is 1. The first-order valence-electron chi connectivity index (χ1n) is 8.14. The minimum atomic E-state index is -0.0877. The van der Waals surface area contributed by atoms with E-state index in [0.717, 1.165) is 28.5 Å². The molecule has 124 valence electrons. The second-order valence-electron chi connectivity index (χ2n) is 6.13. The highest BCUT2D eigenvalue weighted by Crippen LogP contribution is 2.22. The van der Waals surface area contributed by atoms with Gasteiger partial charge in [0.1, 0.15) is 5.69 Å². The maximum Gasteiger partial charge on any atom is 0.267 e. The average molecular weight is 322 g/mol. The Morgan fingerprint density at radius 2 is 1.79 bits per heavy atom. The third kappa shape index (κ3) is 3.34. The normalized spacial score (nSPS) is 11.0. The molecule has 3 N–H and O–H groups in total. The third-order valence-electron chi connectivity index (χ3n) is 4.49. The number of benzene rings is 2. The van der Waals surface area contributed by atoms with Crippen LogP contribution in [0.1, 0.15) is 32.7 Å². The SMILES string of the molecule is Cc1ccc2[nH]c(C(=O)NCCc3ccc(CO)cc3)cc2c1C. The zero-order chi connectivity index (χ0) is 17.1. The van der Waals surface area contributed by atoms with Crippen molar-refractivity contribution < 1.29 is 9.90 Å². The van der Waals surface area contributed by atoms with E-state index in [1.54, 1.807) is 0 Å². The fourth-order valence-corrected chi connectivity index (χ4v) is 2.81. The average Bonchev–Trinajstić information content (AvgIpc) is 3.04. The monoisotopic (exact) mass is 322 g/mol. The molecule has 0 bridgehead atoms. The van der Waals surface area contributed by atoms with Gasteiger partial charge >= 0.3 is 0 Å². The van der Waals surface area contributed by atoms with Gasteiger partial charge in [-0.3, -0.25) is 4.79 Å². The molecule has 0 unspecified atom stereocenters. The Labute approximate surface area is 141 Å². The molecule has 0 saturated carbocycles. The Morgan fingerprint density at radius 1 is 1.08 bits per heavy atom. The molecule has 4 nitrogen and oxygen atoms in total. The summed E-state index contributed by atoms with van der Waals surface area (Å²) in [6.45, 7) is 4.77. The van der Waals surface area contributed by atoms with Gasteiger partial charge in [-0.05, 0) is 54.7 Å². The number of fused-ring (bicyclic) bond motifs is 1. The Bertz CT molecular complexity index is 863. The van der Waals surface area contributed by atoms with Crippen LogP contribution in [0.5, 0.6) is 0 Å². The standard InChI is InChI=1S/C20H22N2O2/c1-13-3-8-18-17(14(13)2)11-19(22-18)20(24)21-10-9-15-4-6-16(12-23)7-5-15/h3-8,11,22-23H,9-10,12H2,1-2H3,(H,21,24). The number of aromatic nitrogens is 1. The van der Waals surface area contributed by atoms with Crippen molar-refractivity contribution in [1.29, 1.82) is 0 Å². The van der Waals surface area contributed by atoms with E-state index in [0.29, 0.717) is 12.2 Å². The topological polar surface area (TPSA) is 65.1 Å². The summed E-state index contributed by atoms with van der Waals surface area (Å²) in [5, 5.41) is 13.1. The lowest BCUT2D eigenvalue weighted by Gasteiger charge is -2.05. The van der Waals surface area contributed by atoms with Crippen LogP contribution in [-0.4, -0.2) is 22.5 Å². The minimum absolute atomic E-state index is 0.0519. The highest BCUT2D eigenvalue weighted by atomic mass is 16.3. The van der Waals surface area contributed by atoms with E-state index in [1.807, 2.05) is 36.4 Å². The largest absolute Gasteiger partial charge is 0.392 e. The van der Waals surface area contributed by atoms with Crippen molar-refractivity contribution in [1.82, 2.24) is 10.3 Å². The van der Waals surface area contributed by atoms with Crippen LogP contribution in [0.4, 0.5) is 0 Å². The fourth-order valence-electron chi connectivity index (χ4n) is 2.81. The lowest BCUT2D eigenvalue weighted by molar-refractivity contribution is 0.0950. The van der Waals surface area contributed by atoms with E-state index in [4.69, 9.17) is 5.11 Å². The number of aliphatic hydroxyl groups is 1. The summed E-state index contributed by atoms with van der Waals surface area (Å²) in [6.07, 6.45) is 0.760. The fraction of sp³-hybridized carbons (Fsp3) is 0.250. The zero-order valence-electron chi connectivity index (χ0n) is 14.0. The number of hydrogen-bond acceptors (Lipinski definition) is 2. The van der Waals surface area contributed by atoms with Crippen molar-refractivity contribution in [3.63, 3.8) is 0 Å². The Hall–Kier alpha value is -2.59. The third-order valence-corrected chi connectivity index (χ3v) is 4.49. The molecule has 1 amide bonds. The van der Waals surface area contributed by atoms with Gasteiger partial charge < -0.3 is 15.4 Å². The molecule has 24 heavy (non-hydrogen) atoms. The summed E-state index contributed by atoms with van der Waals surface area (Å²) in [5.41, 5.74) is 6.03. The molecular formula is C20H22N2O2. The predicted molar refractivity (Wildman–Crippen MR) is 96.2 cm³/mol. The van der Waals surface area contributed by atoms with E-state index >= 15 is 0 Å². The first-order chi connectivity index (χ1) is 11.6. The summed E-state index contributed by atoms with van der Waals surface area (Å²) in [5.74, 6) is -0.0877. The second-order valence-corrected chi connectivity index (χ2v) is 6.13. The molecule has 1 aromatic heterocycles. The van der Waals surface area contributed by atoms with Crippen molar-refractivity contribution in [3.8, 4) is 0 Å². The van der Waals surface area contributed by atoms with Gasteiger partial charge in [-0.25, -0.2) is 0 Å². The van der Waals surface area contributed by atoms with Crippen molar-refractivity contribution in [2.45, 2.75) is 26.9 Å². The molecule has 0 aliphatic heterocycles. The summed E-state index contributed by atoms with van der Waals surface area (Å²) in [7, 11) is 0. The molecule has 0 aliphatic rings. The maximum atomic E-state index is 12.3. The molecule has 0 fully saturated rings. The van der Waals surface area contributed by atoms with Gasteiger partial charge in [0.2, 0.25) is 0 Å². The van der Waals surface area contributed by atoms with E-state index in [-0.39, 0.29) is 12.5 Å². The van der Waals surface area contributed by atoms with Gasteiger partial charge in [0, 0.05) is 17.4 Å². The molecule has 1 heterocycles. The van der Waals surface area contributed by atoms with E-state index < -0.39 is 0 Å². The van der Waals surface area contributed by atoms with Crippen LogP contribution in [0, 0.1) is 13.8 Å². The number of amides is 1. The van der Waals surface area contributed by atoms with Crippen LogP contribution in [0.2, 0.25) is 0 Å². The molecule has 4 heteroatoms. The number of nitrogens with one attached hydrogen (secondary N) is 2. The molecule has 0 aliphatic carbocycles. The lowest BCUT2D eigenvalue weighted by Crippen LogP contribution is -2.25. The van der Waals surface area contributed by atoms with Crippen molar-refractivity contribution in [2.75, 3.05) is 6.54 Å². The zero-order valence-corrected chi connectivity index (χ0v) is 14.0. The molecule has 0 atom stereocenters. The highest BCUT2D eigenvalue weighted by molar-refractivity contribution is 5.99.